The molecule has 0 aromatic carbocycles. The molecule has 1 amide bonds. The van der Waals surface area contributed by atoms with Gasteiger partial charge in [0.1, 0.15) is 0 Å². The van der Waals surface area contributed by atoms with Crippen LogP contribution in [-0.2, 0) is 14.8 Å². The standard InChI is InChI=1S/C15H21NO3S2/c1-14(2)11-3-5-15(14)9-21(18,19)16(12(15)7-11)13(17)10-4-6-20-8-10/h4,11-12H,3,5-9H2,1-2H3/t11-,12-,15-/m1/s1. The van der Waals surface area contributed by atoms with Crippen molar-refractivity contribution in [3.63, 3.8) is 0 Å². The number of amides is 1. The normalized spacial score (nSPS) is 42.2. The molecule has 0 N–H and O–H groups in total. The molecule has 0 aromatic heterocycles. The number of thioether (sulfide) groups is 1. The van der Waals surface area contributed by atoms with Crippen LogP contribution >= 0.6 is 11.8 Å². The largest absolute Gasteiger partial charge is 0.268 e. The van der Waals surface area contributed by atoms with E-state index in [1.54, 1.807) is 11.8 Å². The van der Waals surface area contributed by atoms with Crippen molar-refractivity contribution in [1.82, 2.24) is 4.31 Å². The molecule has 4 aliphatic rings. The Balaban J connectivity index is 1.78. The summed E-state index contributed by atoms with van der Waals surface area (Å²) in [6.45, 7) is 4.41. The van der Waals surface area contributed by atoms with Gasteiger partial charge in [-0.05, 0) is 30.6 Å². The van der Waals surface area contributed by atoms with Gasteiger partial charge in [-0.25, -0.2) is 12.7 Å². The average Bonchev–Trinajstić information content (AvgIpc) is 3.08. The second kappa shape index (κ2) is 4.07. The van der Waals surface area contributed by atoms with Crippen LogP contribution in [0.4, 0.5) is 0 Å². The quantitative estimate of drug-likeness (QED) is 0.739. The summed E-state index contributed by atoms with van der Waals surface area (Å²) in [7, 11) is -3.46. The number of sulfonamides is 1. The van der Waals surface area contributed by atoms with Crippen LogP contribution in [0.2, 0.25) is 0 Å². The molecule has 6 heteroatoms. The monoisotopic (exact) mass is 327 g/mol. The molecule has 3 atom stereocenters. The maximum absolute atomic E-state index is 12.8. The molecule has 3 fully saturated rings. The van der Waals surface area contributed by atoms with Crippen molar-refractivity contribution in [2.24, 2.45) is 16.7 Å². The van der Waals surface area contributed by atoms with Crippen LogP contribution in [0.5, 0.6) is 0 Å². The fraction of sp³-hybridized carbons (Fsp3) is 0.800. The summed E-state index contributed by atoms with van der Waals surface area (Å²) in [6, 6.07) is -0.102. The van der Waals surface area contributed by atoms with Crippen LogP contribution in [0.25, 0.3) is 0 Å². The van der Waals surface area contributed by atoms with E-state index in [2.05, 4.69) is 13.8 Å². The highest BCUT2D eigenvalue weighted by atomic mass is 32.2. The first kappa shape index (κ1) is 14.1. The Morgan fingerprint density at radius 3 is 2.81 bits per heavy atom. The third kappa shape index (κ3) is 1.58. The van der Waals surface area contributed by atoms with Crippen LogP contribution in [-0.4, -0.2) is 41.9 Å². The first-order valence-electron chi connectivity index (χ1n) is 7.63. The zero-order chi connectivity index (χ0) is 15.0. The molecule has 116 valence electrons. The minimum atomic E-state index is -3.46. The minimum absolute atomic E-state index is 0.0264. The van der Waals surface area contributed by atoms with Gasteiger partial charge in [0.2, 0.25) is 10.0 Å². The Morgan fingerprint density at radius 1 is 1.43 bits per heavy atom. The molecule has 1 spiro atoms. The minimum Gasteiger partial charge on any atom is -0.268 e. The summed E-state index contributed by atoms with van der Waals surface area (Å²) in [5, 5.41) is 0. The molecule has 2 bridgehead atoms. The lowest BCUT2D eigenvalue weighted by Crippen LogP contribution is -2.44. The van der Waals surface area contributed by atoms with E-state index in [9.17, 15) is 13.2 Å². The first-order valence-corrected chi connectivity index (χ1v) is 10.4. The van der Waals surface area contributed by atoms with Gasteiger partial charge in [-0.2, -0.15) is 11.8 Å². The van der Waals surface area contributed by atoms with Gasteiger partial charge in [-0.1, -0.05) is 19.9 Å². The number of hydrogen-bond donors (Lipinski definition) is 0. The van der Waals surface area contributed by atoms with E-state index in [4.69, 9.17) is 0 Å². The van der Waals surface area contributed by atoms with Crippen molar-refractivity contribution in [2.75, 3.05) is 17.3 Å². The topological polar surface area (TPSA) is 54.5 Å². The first-order chi connectivity index (χ1) is 9.80. The van der Waals surface area contributed by atoms with Gasteiger partial charge in [-0.3, -0.25) is 4.79 Å². The average molecular weight is 327 g/mol. The van der Waals surface area contributed by atoms with E-state index in [1.165, 1.54) is 4.31 Å². The molecular formula is C15H21NO3S2. The fourth-order valence-corrected chi connectivity index (χ4v) is 8.68. The maximum atomic E-state index is 12.8. The van der Waals surface area contributed by atoms with Gasteiger partial charge in [0.25, 0.3) is 5.91 Å². The van der Waals surface area contributed by atoms with Crippen molar-refractivity contribution in [3.8, 4) is 0 Å². The lowest BCUT2D eigenvalue weighted by Gasteiger charge is -2.37. The maximum Gasteiger partial charge on any atom is 0.264 e. The molecule has 2 aliphatic heterocycles. The Bertz CT molecular complexity index is 652. The van der Waals surface area contributed by atoms with Gasteiger partial charge in [0, 0.05) is 22.5 Å². The molecule has 0 radical (unpaired) electrons. The number of hydrogen-bond acceptors (Lipinski definition) is 4. The van der Waals surface area contributed by atoms with Crippen molar-refractivity contribution >= 4 is 27.7 Å². The summed E-state index contributed by atoms with van der Waals surface area (Å²) >= 11 is 1.67. The summed E-state index contributed by atoms with van der Waals surface area (Å²) in [5.74, 6) is 1.95. The van der Waals surface area contributed by atoms with Crippen LogP contribution < -0.4 is 0 Å². The molecule has 2 aliphatic carbocycles. The second-order valence-corrected chi connectivity index (χ2v) is 10.3. The van der Waals surface area contributed by atoms with Crippen LogP contribution in [0.3, 0.4) is 0 Å². The van der Waals surface area contributed by atoms with Gasteiger partial charge in [-0.15, -0.1) is 0 Å². The Kier molecular flexibility index (Phi) is 2.74. The summed E-state index contributed by atoms with van der Waals surface area (Å²) < 4.78 is 26.7. The number of fused-ring (bicyclic) bond motifs is 1. The van der Waals surface area contributed by atoms with Crippen molar-refractivity contribution in [1.29, 1.82) is 0 Å². The predicted molar refractivity (Wildman–Crippen MR) is 83.4 cm³/mol. The van der Waals surface area contributed by atoms with Gasteiger partial charge >= 0.3 is 0 Å². The Labute approximate surface area is 130 Å². The van der Waals surface area contributed by atoms with Crippen molar-refractivity contribution in [3.05, 3.63) is 11.6 Å². The second-order valence-electron chi connectivity index (χ2n) is 7.47. The lowest BCUT2D eigenvalue weighted by molar-refractivity contribution is -0.125. The SMILES string of the molecule is CC1(C)[C@@H]2CC[C@]13CS(=O)(=O)N(C(=O)C1=CCSC1)[C@@H]3C2. The number of rotatable bonds is 1. The molecular weight excluding hydrogens is 306 g/mol. The third-order valence-corrected chi connectivity index (χ3v) is 9.41. The van der Waals surface area contributed by atoms with Crippen LogP contribution in [0.1, 0.15) is 33.1 Å². The van der Waals surface area contributed by atoms with Gasteiger partial charge < -0.3 is 0 Å². The van der Waals surface area contributed by atoms with E-state index in [1.807, 2.05) is 6.08 Å². The molecule has 2 heterocycles. The highest BCUT2D eigenvalue weighted by Crippen LogP contribution is 2.70. The summed E-state index contributed by atoms with van der Waals surface area (Å²) in [5.41, 5.74) is 0.498. The predicted octanol–water partition coefficient (Wildman–Crippen LogP) is 2.03. The van der Waals surface area contributed by atoms with Gasteiger partial charge in [0.15, 0.2) is 0 Å². The van der Waals surface area contributed by atoms with E-state index >= 15 is 0 Å². The number of nitrogens with zero attached hydrogens (tertiary/aromatic N) is 1. The Morgan fingerprint density at radius 2 is 2.19 bits per heavy atom. The molecule has 0 unspecified atom stereocenters. The summed E-state index contributed by atoms with van der Waals surface area (Å²) in [4.78, 5) is 12.8. The van der Waals surface area contributed by atoms with Gasteiger partial charge in [0.05, 0.1) is 11.8 Å². The molecule has 2 saturated carbocycles. The number of carbonyl (C=O) groups excluding carboxylic acids is 1. The molecule has 21 heavy (non-hydrogen) atoms. The third-order valence-electron chi connectivity index (χ3n) is 6.59. The highest BCUT2D eigenvalue weighted by molar-refractivity contribution is 7.99. The smallest absolute Gasteiger partial charge is 0.264 e. The van der Waals surface area contributed by atoms with E-state index < -0.39 is 10.0 Å². The zero-order valence-corrected chi connectivity index (χ0v) is 14.1. The lowest BCUT2D eigenvalue weighted by atomic mass is 9.69. The molecule has 4 rings (SSSR count). The van der Waals surface area contributed by atoms with E-state index in [0.717, 1.165) is 25.0 Å². The highest BCUT2D eigenvalue weighted by Gasteiger charge is 2.72. The van der Waals surface area contributed by atoms with Crippen molar-refractivity contribution in [2.45, 2.75) is 39.2 Å². The van der Waals surface area contributed by atoms with E-state index in [0.29, 0.717) is 17.2 Å². The van der Waals surface area contributed by atoms with E-state index in [-0.39, 0.29) is 28.5 Å². The fourth-order valence-electron chi connectivity index (χ4n) is 5.23. The molecule has 0 aromatic rings. The molecule has 4 nitrogen and oxygen atoms in total. The van der Waals surface area contributed by atoms with Crippen molar-refractivity contribution < 1.29 is 13.2 Å². The zero-order valence-electron chi connectivity index (χ0n) is 12.5. The van der Waals surface area contributed by atoms with Crippen LogP contribution in [0.15, 0.2) is 11.6 Å². The van der Waals surface area contributed by atoms with Crippen LogP contribution in [0, 0.1) is 16.7 Å². The molecule has 1 saturated heterocycles. The Hall–Kier alpha value is -0.490. The number of carbonyl (C=O) groups is 1. The summed E-state index contributed by atoms with van der Waals surface area (Å²) in [6.07, 6.45) is 4.82.